The van der Waals surface area contributed by atoms with Crippen LogP contribution >= 0.6 is 0 Å². The molecule has 98 valence electrons. The third-order valence-electron chi connectivity index (χ3n) is 3.11. The fraction of sp³-hybridized carbons (Fsp3) is 0.417. The SMILES string of the molecule is C[C@H]1CCN(S(=O)(=O)c2cccc(C(=O)O)c2)C1. The Hall–Kier alpha value is -1.40. The van der Waals surface area contributed by atoms with Crippen molar-refractivity contribution in [3.63, 3.8) is 0 Å². The average molecular weight is 269 g/mol. The molecule has 0 bridgehead atoms. The Morgan fingerprint density at radius 2 is 2.17 bits per heavy atom. The molecule has 0 aromatic heterocycles. The van der Waals surface area contributed by atoms with Gasteiger partial charge >= 0.3 is 5.97 Å². The maximum Gasteiger partial charge on any atom is 0.335 e. The van der Waals surface area contributed by atoms with Gasteiger partial charge in [-0.05, 0) is 30.5 Å². The molecule has 1 atom stereocenters. The Labute approximate surface area is 106 Å². The summed E-state index contributed by atoms with van der Waals surface area (Å²) < 4.78 is 26.0. The van der Waals surface area contributed by atoms with Gasteiger partial charge in [0.15, 0.2) is 0 Å². The van der Waals surface area contributed by atoms with Crippen LogP contribution < -0.4 is 0 Å². The van der Waals surface area contributed by atoms with Crippen molar-refractivity contribution < 1.29 is 18.3 Å². The molecule has 1 aliphatic rings. The summed E-state index contributed by atoms with van der Waals surface area (Å²) in [5.74, 6) is -0.774. The van der Waals surface area contributed by atoms with Gasteiger partial charge in [0.05, 0.1) is 10.5 Å². The van der Waals surface area contributed by atoms with Crippen molar-refractivity contribution in [3.05, 3.63) is 29.8 Å². The van der Waals surface area contributed by atoms with Crippen LogP contribution in [0.1, 0.15) is 23.7 Å². The first-order chi connectivity index (χ1) is 8.41. The highest BCUT2D eigenvalue weighted by atomic mass is 32.2. The lowest BCUT2D eigenvalue weighted by Crippen LogP contribution is -2.28. The number of sulfonamides is 1. The van der Waals surface area contributed by atoms with Crippen LogP contribution in [0.2, 0.25) is 0 Å². The standard InChI is InChI=1S/C12H15NO4S/c1-9-5-6-13(8-9)18(16,17)11-4-2-3-10(7-11)12(14)15/h2-4,7,9H,5-6,8H2,1H3,(H,14,15)/t9-/m0/s1. The number of benzene rings is 1. The lowest BCUT2D eigenvalue weighted by Gasteiger charge is -2.16. The first kappa shape index (κ1) is 13.0. The molecule has 0 amide bonds. The highest BCUT2D eigenvalue weighted by Crippen LogP contribution is 2.24. The number of nitrogens with zero attached hydrogens (tertiary/aromatic N) is 1. The summed E-state index contributed by atoms with van der Waals surface area (Å²) in [4.78, 5) is 10.9. The van der Waals surface area contributed by atoms with E-state index in [9.17, 15) is 13.2 Å². The summed E-state index contributed by atoms with van der Waals surface area (Å²) >= 11 is 0. The van der Waals surface area contributed by atoms with Crippen LogP contribution in [0.3, 0.4) is 0 Å². The molecule has 1 N–H and O–H groups in total. The van der Waals surface area contributed by atoms with Crippen LogP contribution in [0, 0.1) is 5.92 Å². The molecule has 2 rings (SSSR count). The highest BCUT2D eigenvalue weighted by molar-refractivity contribution is 7.89. The third kappa shape index (κ3) is 2.39. The summed E-state index contributed by atoms with van der Waals surface area (Å²) in [6, 6.07) is 5.48. The van der Waals surface area contributed by atoms with Gasteiger partial charge in [0.2, 0.25) is 10.0 Å². The first-order valence-electron chi connectivity index (χ1n) is 5.75. The van der Waals surface area contributed by atoms with Gasteiger partial charge in [-0.2, -0.15) is 4.31 Å². The lowest BCUT2D eigenvalue weighted by molar-refractivity contribution is 0.0696. The maximum atomic E-state index is 12.3. The van der Waals surface area contributed by atoms with Crippen molar-refractivity contribution in [2.24, 2.45) is 5.92 Å². The molecule has 6 heteroatoms. The largest absolute Gasteiger partial charge is 0.478 e. The summed E-state index contributed by atoms with van der Waals surface area (Å²) in [7, 11) is -3.56. The van der Waals surface area contributed by atoms with Crippen LogP contribution in [-0.4, -0.2) is 36.9 Å². The van der Waals surface area contributed by atoms with Gasteiger partial charge in [-0.3, -0.25) is 0 Å². The minimum absolute atomic E-state index is 0.0108. The van der Waals surface area contributed by atoms with Gasteiger partial charge in [0.1, 0.15) is 0 Å². The molecule has 1 heterocycles. The number of hydrogen-bond donors (Lipinski definition) is 1. The lowest BCUT2D eigenvalue weighted by atomic mass is 10.2. The molecule has 1 aromatic rings. The molecule has 0 saturated carbocycles. The van der Waals surface area contributed by atoms with Gasteiger partial charge in [-0.1, -0.05) is 13.0 Å². The van der Waals surface area contributed by atoms with Crippen LogP contribution in [-0.2, 0) is 10.0 Å². The Morgan fingerprint density at radius 3 is 2.72 bits per heavy atom. The van der Waals surface area contributed by atoms with Crippen LogP contribution in [0.25, 0.3) is 0 Å². The van der Waals surface area contributed by atoms with E-state index in [2.05, 4.69) is 0 Å². The second-order valence-corrected chi connectivity index (χ2v) is 6.53. The van der Waals surface area contributed by atoms with Crippen molar-refractivity contribution in [2.75, 3.05) is 13.1 Å². The van der Waals surface area contributed by atoms with E-state index in [4.69, 9.17) is 5.11 Å². The predicted octanol–water partition coefficient (Wildman–Crippen LogP) is 1.42. The molecule has 0 radical (unpaired) electrons. The van der Waals surface area contributed by atoms with Gasteiger partial charge in [0, 0.05) is 13.1 Å². The van der Waals surface area contributed by atoms with Gasteiger partial charge in [-0.25, -0.2) is 13.2 Å². The van der Waals surface area contributed by atoms with Gasteiger partial charge in [-0.15, -0.1) is 0 Å². The molecule has 5 nitrogen and oxygen atoms in total. The third-order valence-corrected chi connectivity index (χ3v) is 4.97. The zero-order chi connectivity index (χ0) is 13.3. The second kappa shape index (κ2) is 4.70. The summed E-state index contributed by atoms with van der Waals surface area (Å²) in [6.45, 7) is 3.00. The fourth-order valence-electron chi connectivity index (χ4n) is 2.05. The van der Waals surface area contributed by atoms with E-state index in [1.54, 1.807) is 0 Å². The molecule has 0 aliphatic carbocycles. The molecular formula is C12H15NO4S. The van der Waals surface area contributed by atoms with Crippen LogP contribution in [0.5, 0.6) is 0 Å². The normalized spacial score (nSPS) is 21.1. The van der Waals surface area contributed by atoms with Crippen molar-refractivity contribution in [1.82, 2.24) is 4.31 Å². The van der Waals surface area contributed by atoms with Gasteiger partial charge in [0.25, 0.3) is 0 Å². The van der Waals surface area contributed by atoms with E-state index in [0.717, 1.165) is 6.42 Å². The average Bonchev–Trinajstić information content (AvgIpc) is 2.77. The number of carbonyl (C=O) groups is 1. The molecule has 1 saturated heterocycles. The van der Waals surface area contributed by atoms with Crippen molar-refractivity contribution >= 4 is 16.0 Å². The van der Waals surface area contributed by atoms with Crippen molar-refractivity contribution in [3.8, 4) is 0 Å². The molecule has 1 aromatic carbocycles. The zero-order valence-corrected chi connectivity index (χ0v) is 10.9. The first-order valence-corrected chi connectivity index (χ1v) is 7.19. The Kier molecular flexibility index (Phi) is 3.41. The molecule has 1 fully saturated rings. The van der Waals surface area contributed by atoms with Crippen molar-refractivity contribution in [2.45, 2.75) is 18.2 Å². The van der Waals surface area contributed by atoms with E-state index in [1.165, 1.54) is 28.6 Å². The smallest absolute Gasteiger partial charge is 0.335 e. The Morgan fingerprint density at radius 1 is 1.44 bits per heavy atom. The highest BCUT2D eigenvalue weighted by Gasteiger charge is 2.30. The maximum absolute atomic E-state index is 12.3. The van der Waals surface area contributed by atoms with Gasteiger partial charge < -0.3 is 5.11 Å². The Balaban J connectivity index is 2.35. The molecule has 0 spiro atoms. The summed E-state index contributed by atoms with van der Waals surface area (Å²) in [5, 5.41) is 8.87. The number of aromatic carboxylic acids is 1. The minimum Gasteiger partial charge on any atom is -0.478 e. The van der Waals surface area contributed by atoms with E-state index >= 15 is 0 Å². The monoisotopic (exact) mass is 269 g/mol. The number of hydrogen-bond acceptors (Lipinski definition) is 3. The summed E-state index contributed by atoms with van der Waals surface area (Å²) in [5.41, 5.74) is -0.0108. The molecule has 1 aliphatic heterocycles. The number of carboxylic acid groups (broad SMARTS) is 1. The molecular weight excluding hydrogens is 254 g/mol. The Bertz CT molecular complexity index is 567. The summed E-state index contributed by atoms with van der Waals surface area (Å²) in [6.07, 6.45) is 0.845. The van der Waals surface area contributed by atoms with Crippen LogP contribution in [0.15, 0.2) is 29.2 Å². The minimum atomic E-state index is -3.56. The zero-order valence-electron chi connectivity index (χ0n) is 10.0. The quantitative estimate of drug-likeness (QED) is 0.900. The van der Waals surface area contributed by atoms with Crippen molar-refractivity contribution in [1.29, 1.82) is 0 Å². The molecule has 18 heavy (non-hydrogen) atoms. The van der Waals surface area contributed by atoms with Crippen LogP contribution in [0.4, 0.5) is 0 Å². The number of carboxylic acids is 1. The topological polar surface area (TPSA) is 74.7 Å². The second-order valence-electron chi connectivity index (χ2n) is 4.59. The predicted molar refractivity (Wildman–Crippen MR) is 65.9 cm³/mol. The van der Waals surface area contributed by atoms with E-state index < -0.39 is 16.0 Å². The molecule has 0 unspecified atom stereocenters. The number of rotatable bonds is 3. The fourth-order valence-corrected chi connectivity index (χ4v) is 3.67. The van der Waals surface area contributed by atoms with E-state index in [0.29, 0.717) is 19.0 Å². The van der Waals surface area contributed by atoms with E-state index in [-0.39, 0.29) is 10.5 Å². The van der Waals surface area contributed by atoms with E-state index in [1.807, 2.05) is 6.92 Å².